The van der Waals surface area contributed by atoms with E-state index in [9.17, 15) is 4.79 Å². The molecule has 1 aromatic heterocycles. The molecule has 0 saturated carbocycles. The molecule has 0 aliphatic rings. The molecule has 0 radical (unpaired) electrons. The Kier molecular flexibility index (Phi) is 6.29. The fourth-order valence-corrected chi connectivity index (χ4v) is 1.74. The number of aryl methyl sites for hydroxylation is 1. The van der Waals surface area contributed by atoms with Crippen molar-refractivity contribution < 1.29 is 9.53 Å². The topological polar surface area (TPSA) is 44.1 Å². The van der Waals surface area contributed by atoms with Crippen molar-refractivity contribution >= 4 is 22.8 Å². The summed E-state index contributed by atoms with van der Waals surface area (Å²) < 4.78 is 6.88. The van der Waals surface area contributed by atoms with Crippen LogP contribution in [0.5, 0.6) is 5.75 Å². The van der Waals surface area contributed by atoms with Gasteiger partial charge in [0, 0.05) is 18.8 Å². The summed E-state index contributed by atoms with van der Waals surface area (Å²) in [5, 5.41) is 0. The van der Waals surface area contributed by atoms with Gasteiger partial charge in [0.25, 0.3) is 0 Å². The second kappa shape index (κ2) is 7.74. The van der Waals surface area contributed by atoms with Crippen molar-refractivity contribution in [1.29, 1.82) is 0 Å². The van der Waals surface area contributed by atoms with Crippen LogP contribution in [-0.2, 0) is 17.8 Å². The van der Waals surface area contributed by atoms with Crippen molar-refractivity contribution in [2.75, 3.05) is 7.11 Å². The predicted octanol–water partition coefficient (Wildman–Crippen LogP) is 2.67. The third-order valence-corrected chi connectivity index (χ3v) is 2.77. The number of nitrogens with zero attached hydrogens (tertiary/aromatic N) is 2. The molecule has 1 aromatic carbocycles. The van der Waals surface area contributed by atoms with Crippen LogP contribution in [0.1, 0.15) is 12.0 Å². The van der Waals surface area contributed by atoms with Gasteiger partial charge in [-0.15, -0.1) is 17.0 Å². The van der Waals surface area contributed by atoms with Crippen molar-refractivity contribution in [3.05, 3.63) is 48.5 Å². The molecule has 0 aliphatic heterocycles. The van der Waals surface area contributed by atoms with Crippen LogP contribution < -0.4 is 4.74 Å². The summed E-state index contributed by atoms with van der Waals surface area (Å²) >= 11 is 0. The number of benzene rings is 1. The van der Waals surface area contributed by atoms with Gasteiger partial charge >= 0.3 is 0 Å². The first-order valence-electron chi connectivity index (χ1n) is 5.88. The van der Waals surface area contributed by atoms with Gasteiger partial charge < -0.3 is 9.30 Å². The van der Waals surface area contributed by atoms with E-state index in [0.29, 0.717) is 13.0 Å². The van der Waals surface area contributed by atoms with E-state index in [4.69, 9.17) is 4.74 Å². The number of carbonyl (C=O) groups is 1. The van der Waals surface area contributed by atoms with E-state index < -0.39 is 0 Å². The Labute approximate surface area is 123 Å². The summed E-state index contributed by atoms with van der Waals surface area (Å²) in [6, 6.07) is 7.80. The molecule has 5 heteroatoms. The second-order valence-corrected chi connectivity index (χ2v) is 4.12. The van der Waals surface area contributed by atoms with Crippen molar-refractivity contribution in [2.45, 2.75) is 19.4 Å². The van der Waals surface area contributed by atoms with Gasteiger partial charge in [0.2, 0.25) is 0 Å². The molecule has 19 heavy (non-hydrogen) atoms. The first-order chi connectivity index (χ1) is 8.78. The maximum Gasteiger partial charge on any atom is 0.152 e. The van der Waals surface area contributed by atoms with Gasteiger partial charge in [-0.25, -0.2) is 4.98 Å². The molecule has 0 spiro atoms. The number of ketones is 1. The Balaban J connectivity index is 0.00000180. The molecule has 4 nitrogen and oxygen atoms in total. The number of Topliss-reactive ketones (excluding diaryl/α,β-unsaturated/α-hetero) is 1. The Morgan fingerprint density at radius 2 is 2.05 bits per heavy atom. The van der Waals surface area contributed by atoms with Gasteiger partial charge in [0.05, 0.1) is 20.0 Å². The number of hydrogen-bond donors (Lipinski definition) is 0. The summed E-state index contributed by atoms with van der Waals surface area (Å²) in [4.78, 5) is 15.6. The van der Waals surface area contributed by atoms with Gasteiger partial charge in [-0.05, 0) is 24.1 Å². The number of ether oxygens (including phenoxy) is 1. The largest absolute Gasteiger partial charge is 0.497 e. The number of carbonyl (C=O) groups excluding carboxylic acids is 1. The highest BCUT2D eigenvalue weighted by Crippen LogP contribution is 2.12. The Hall–Kier alpha value is -1.62. The third-order valence-electron chi connectivity index (χ3n) is 2.77. The number of aromatic nitrogens is 2. The van der Waals surface area contributed by atoms with Gasteiger partial charge in [0.15, 0.2) is 5.78 Å². The van der Waals surface area contributed by atoms with Crippen molar-refractivity contribution in [2.24, 2.45) is 0 Å². The van der Waals surface area contributed by atoms with E-state index in [1.807, 2.05) is 24.3 Å². The fourth-order valence-electron chi connectivity index (χ4n) is 1.74. The number of rotatable bonds is 6. The number of methoxy groups -OCH3 is 1. The van der Waals surface area contributed by atoms with Crippen LogP contribution in [0, 0.1) is 0 Å². The smallest absolute Gasteiger partial charge is 0.152 e. The quantitative estimate of drug-likeness (QED) is 0.820. The van der Waals surface area contributed by atoms with Crippen molar-refractivity contribution in [3.63, 3.8) is 0 Å². The van der Waals surface area contributed by atoms with Gasteiger partial charge in [-0.1, -0.05) is 12.1 Å². The summed E-state index contributed by atoms with van der Waals surface area (Å²) in [7, 11) is 1.64. The van der Waals surface area contributed by atoms with Crippen LogP contribution in [-0.4, -0.2) is 22.4 Å². The molecular formula is C14H17BrN2O2. The molecular weight excluding hydrogens is 308 g/mol. The van der Waals surface area contributed by atoms with Crippen LogP contribution in [0.25, 0.3) is 0 Å². The number of imidazole rings is 1. The highest BCUT2D eigenvalue weighted by atomic mass is 79.9. The average Bonchev–Trinajstić information content (AvgIpc) is 2.90. The standard InChI is InChI=1S/C14H16N2O2.BrH/c1-18-14-6-3-12(4-7-14)2-5-13(17)10-16-9-8-15-11-16;/h3-4,6-9,11H,2,5,10H2,1H3;1H. The normalized spacial score (nSPS) is 9.74. The molecule has 0 atom stereocenters. The molecule has 2 rings (SSSR count). The van der Waals surface area contributed by atoms with Gasteiger partial charge in [0.1, 0.15) is 5.75 Å². The van der Waals surface area contributed by atoms with Crippen LogP contribution >= 0.6 is 17.0 Å². The van der Waals surface area contributed by atoms with Crippen LogP contribution in [0.4, 0.5) is 0 Å². The molecule has 102 valence electrons. The van der Waals surface area contributed by atoms with E-state index in [2.05, 4.69) is 4.98 Å². The van der Waals surface area contributed by atoms with Crippen molar-refractivity contribution in [3.8, 4) is 5.75 Å². The molecule has 1 heterocycles. The first kappa shape index (κ1) is 15.4. The van der Waals surface area contributed by atoms with E-state index in [-0.39, 0.29) is 22.8 Å². The molecule has 0 unspecified atom stereocenters. The second-order valence-electron chi connectivity index (χ2n) is 4.12. The lowest BCUT2D eigenvalue weighted by Gasteiger charge is -2.04. The molecule has 0 N–H and O–H groups in total. The monoisotopic (exact) mass is 324 g/mol. The average molecular weight is 325 g/mol. The minimum atomic E-state index is 0. The number of halogens is 1. The molecule has 0 aliphatic carbocycles. The lowest BCUT2D eigenvalue weighted by Crippen LogP contribution is -2.09. The summed E-state index contributed by atoms with van der Waals surface area (Å²) in [5.74, 6) is 1.05. The lowest BCUT2D eigenvalue weighted by atomic mass is 10.1. The molecule has 0 amide bonds. The highest BCUT2D eigenvalue weighted by Gasteiger charge is 2.03. The maximum absolute atomic E-state index is 11.7. The Morgan fingerprint density at radius 1 is 1.32 bits per heavy atom. The summed E-state index contributed by atoms with van der Waals surface area (Å²) in [6.45, 7) is 0.399. The lowest BCUT2D eigenvalue weighted by molar-refractivity contribution is -0.119. The third kappa shape index (κ3) is 4.87. The minimum Gasteiger partial charge on any atom is -0.497 e. The Morgan fingerprint density at radius 3 is 2.63 bits per heavy atom. The van der Waals surface area contributed by atoms with E-state index >= 15 is 0 Å². The van der Waals surface area contributed by atoms with Crippen LogP contribution in [0.3, 0.4) is 0 Å². The molecule has 0 fully saturated rings. The Bertz CT molecular complexity index is 495. The van der Waals surface area contributed by atoms with Crippen LogP contribution in [0.2, 0.25) is 0 Å². The zero-order valence-corrected chi connectivity index (χ0v) is 12.5. The first-order valence-corrected chi connectivity index (χ1v) is 5.88. The maximum atomic E-state index is 11.7. The molecule has 0 saturated heterocycles. The predicted molar refractivity (Wildman–Crippen MR) is 78.9 cm³/mol. The van der Waals surface area contributed by atoms with E-state index in [0.717, 1.165) is 17.7 Å². The van der Waals surface area contributed by atoms with Crippen LogP contribution in [0.15, 0.2) is 43.0 Å². The van der Waals surface area contributed by atoms with E-state index in [1.165, 1.54) is 0 Å². The summed E-state index contributed by atoms with van der Waals surface area (Å²) in [5.41, 5.74) is 1.15. The number of hydrogen-bond acceptors (Lipinski definition) is 3. The van der Waals surface area contributed by atoms with Crippen molar-refractivity contribution in [1.82, 2.24) is 9.55 Å². The molecule has 2 aromatic rings. The zero-order chi connectivity index (χ0) is 12.8. The highest BCUT2D eigenvalue weighted by molar-refractivity contribution is 8.93. The zero-order valence-electron chi connectivity index (χ0n) is 10.8. The molecule has 0 bridgehead atoms. The van der Waals surface area contributed by atoms with Gasteiger partial charge in [-0.2, -0.15) is 0 Å². The summed E-state index contributed by atoms with van der Waals surface area (Å²) in [6.07, 6.45) is 6.44. The fraction of sp³-hybridized carbons (Fsp3) is 0.286. The van der Waals surface area contributed by atoms with E-state index in [1.54, 1.807) is 30.4 Å². The van der Waals surface area contributed by atoms with Gasteiger partial charge in [-0.3, -0.25) is 4.79 Å². The minimum absolute atomic E-state index is 0. The SMILES string of the molecule is Br.COc1ccc(CCC(=O)Cn2ccnc2)cc1.